The summed E-state index contributed by atoms with van der Waals surface area (Å²) in [5.74, 6) is 1.29. The Kier molecular flexibility index (Phi) is 5.12. The normalized spacial score (nSPS) is 13.2. The summed E-state index contributed by atoms with van der Waals surface area (Å²) in [4.78, 5) is 13.9. The van der Waals surface area contributed by atoms with Crippen LogP contribution in [0.25, 0.3) is 0 Å². The fourth-order valence-corrected chi connectivity index (χ4v) is 2.38. The summed E-state index contributed by atoms with van der Waals surface area (Å²) in [6.45, 7) is 3.91. The lowest BCUT2D eigenvalue weighted by molar-refractivity contribution is -0.129. The van der Waals surface area contributed by atoms with Gasteiger partial charge in [0.05, 0.1) is 11.4 Å². The van der Waals surface area contributed by atoms with Crippen molar-refractivity contribution in [3.05, 3.63) is 22.7 Å². The Labute approximate surface area is 124 Å². The van der Waals surface area contributed by atoms with Crippen LogP contribution in [0.2, 0.25) is 5.02 Å². The third-order valence-electron chi connectivity index (χ3n) is 3.28. The Morgan fingerprint density at radius 3 is 2.85 bits per heavy atom. The molecular weight excluding hydrogens is 278 g/mol. The predicted molar refractivity (Wildman–Crippen MR) is 78.7 cm³/mol. The van der Waals surface area contributed by atoms with Gasteiger partial charge in [0.25, 0.3) is 0 Å². The van der Waals surface area contributed by atoms with Crippen molar-refractivity contribution in [3.8, 4) is 11.5 Å². The first-order chi connectivity index (χ1) is 9.61. The monoisotopic (exact) mass is 297 g/mol. The third-order valence-corrected chi connectivity index (χ3v) is 3.57. The number of amides is 1. The third kappa shape index (κ3) is 3.57. The number of hydrogen-bond acceptors (Lipinski definition) is 3. The molecule has 1 aromatic rings. The highest BCUT2D eigenvalue weighted by atomic mass is 35.5. The van der Waals surface area contributed by atoms with Crippen LogP contribution in [0.1, 0.15) is 25.3 Å². The van der Waals surface area contributed by atoms with Gasteiger partial charge in [-0.3, -0.25) is 4.79 Å². The van der Waals surface area contributed by atoms with Crippen LogP contribution in [-0.2, 0) is 11.2 Å². The van der Waals surface area contributed by atoms with Crippen molar-refractivity contribution < 1.29 is 14.3 Å². The van der Waals surface area contributed by atoms with E-state index in [0.29, 0.717) is 36.2 Å². The number of ether oxygens (including phenoxy) is 2. The van der Waals surface area contributed by atoms with E-state index in [1.807, 2.05) is 13.1 Å². The lowest BCUT2D eigenvalue weighted by atomic mass is 10.1. The van der Waals surface area contributed by atoms with Crippen molar-refractivity contribution in [2.75, 3.05) is 26.8 Å². The zero-order valence-corrected chi connectivity index (χ0v) is 12.7. The maximum atomic E-state index is 12.1. The number of rotatable bonds is 5. The van der Waals surface area contributed by atoms with E-state index in [-0.39, 0.29) is 5.91 Å². The summed E-state index contributed by atoms with van der Waals surface area (Å²) in [7, 11) is 1.83. The largest absolute Gasteiger partial charge is 0.486 e. The molecule has 0 saturated carbocycles. The van der Waals surface area contributed by atoms with Gasteiger partial charge in [0.15, 0.2) is 11.5 Å². The molecule has 0 radical (unpaired) electrons. The van der Waals surface area contributed by atoms with Crippen LogP contribution in [0.5, 0.6) is 11.5 Å². The number of carbonyl (C=O) groups is 1. The molecule has 110 valence electrons. The number of benzene rings is 1. The molecule has 0 aliphatic carbocycles. The number of halogens is 1. The second-order valence-electron chi connectivity index (χ2n) is 4.95. The lowest BCUT2D eigenvalue weighted by Crippen LogP contribution is -2.29. The van der Waals surface area contributed by atoms with Crippen LogP contribution in [-0.4, -0.2) is 37.6 Å². The minimum absolute atomic E-state index is 0.0891. The van der Waals surface area contributed by atoms with Gasteiger partial charge in [-0.25, -0.2) is 0 Å². The molecule has 1 amide bonds. The molecule has 20 heavy (non-hydrogen) atoms. The zero-order valence-electron chi connectivity index (χ0n) is 11.9. The van der Waals surface area contributed by atoms with Crippen molar-refractivity contribution in [3.63, 3.8) is 0 Å². The van der Waals surface area contributed by atoms with Crippen LogP contribution in [0, 0.1) is 0 Å². The van der Waals surface area contributed by atoms with Crippen LogP contribution < -0.4 is 9.47 Å². The van der Waals surface area contributed by atoms with E-state index < -0.39 is 0 Å². The van der Waals surface area contributed by atoms with Gasteiger partial charge in [-0.1, -0.05) is 24.9 Å². The summed E-state index contributed by atoms with van der Waals surface area (Å²) >= 11 is 6.16. The maximum Gasteiger partial charge on any atom is 0.226 e. The molecule has 5 heteroatoms. The van der Waals surface area contributed by atoms with E-state index in [1.54, 1.807) is 11.0 Å². The summed E-state index contributed by atoms with van der Waals surface area (Å²) in [5.41, 5.74) is 0.854. The van der Waals surface area contributed by atoms with E-state index in [9.17, 15) is 4.79 Å². The number of carbonyl (C=O) groups excluding carboxylic acids is 1. The molecule has 0 spiro atoms. The van der Waals surface area contributed by atoms with Crippen molar-refractivity contribution in [1.82, 2.24) is 4.90 Å². The number of likely N-dealkylation sites (N-methyl/N-ethyl adjacent to an activating group) is 1. The minimum atomic E-state index is 0.0891. The molecule has 0 N–H and O–H groups in total. The average Bonchev–Trinajstić information content (AvgIpc) is 2.44. The molecule has 4 nitrogen and oxygen atoms in total. The molecule has 0 aromatic heterocycles. The standard InChI is InChI=1S/C15H20ClNO3/c1-3-4-5-17(2)14(18)10-11-8-12(16)15-13(9-11)19-6-7-20-15/h8-9H,3-7,10H2,1-2H3. The van der Waals surface area contributed by atoms with Crippen molar-refractivity contribution in [2.45, 2.75) is 26.2 Å². The SMILES string of the molecule is CCCCN(C)C(=O)Cc1cc(Cl)c2c(c1)OCCO2. The van der Waals surface area contributed by atoms with Gasteiger partial charge in [-0.15, -0.1) is 0 Å². The predicted octanol–water partition coefficient (Wildman–Crippen LogP) is 2.91. The van der Waals surface area contributed by atoms with Crippen LogP contribution >= 0.6 is 11.6 Å². The molecule has 0 unspecified atom stereocenters. The van der Waals surface area contributed by atoms with Gasteiger partial charge >= 0.3 is 0 Å². The Bertz CT molecular complexity index is 490. The minimum Gasteiger partial charge on any atom is -0.486 e. The Morgan fingerprint density at radius 1 is 1.35 bits per heavy atom. The second-order valence-corrected chi connectivity index (χ2v) is 5.35. The molecule has 1 aliphatic rings. The Balaban J connectivity index is 2.06. The van der Waals surface area contributed by atoms with Gasteiger partial charge in [0.2, 0.25) is 5.91 Å². The van der Waals surface area contributed by atoms with Gasteiger partial charge in [-0.05, 0) is 24.1 Å². The topological polar surface area (TPSA) is 38.8 Å². The second kappa shape index (κ2) is 6.84. The van der Waals surface area contributed by atoms with Gasteiger partial charge in [0, 0.05) is 13.6 Å². The summed E-state index contributed by atoms with van der Waals surface area (Å²) < 4.78 is 11.0. The Hall–Kier alpha value is -1.42. The van der Waals surface area contributed by atoms with E-state index in [1.165, 1.54) is 0 Å². The highest BCUT2D eigenvalue weighted by molar-refractivity contribution is 6.32. The summed E-state index contributed by atoms with van der Waals surface area (Å²) in [5, 5.41) is 0.501. The molecule has 1 aromatic carbocycles. The fraction of sp³-hybridized carbons (Fsp3) is 0.533. The number of unbranched alkanes of at least 4 members (excludes halogenated alkanes) is 1. The van der Waals surface area contributed by atoms with E-state index in [0.717, 1.165) is 24.9 Å². The highest BCUT2D eigenvalue weighted by Gasteiger charge is 2.18. The number of fused-ring (bicyclic) bond motifs is 1. The smallest absolute Gasteiger partial charge is 0.226 e. The fourth-order valence-electron chi connectivity index (χ4n) is 2.10. The number of hydrogen-bond donors (Lipinski definition) is 0. The van der Waals surface area contributed by atoms with E-state index in [4.69, 9.17) is 21.1 Å². The molecule has 0 fully saturated rings. The number of nitrogens with zero attached hydrogens (tertiary/aromatic N) is 1. The van der Waals surface area contributed by atoms with Crippen LogP contribution in [0.3, 0.4) is 0 Å². The molecule has 0 saturated heterocycles. The van der Waals surface area contributed by atoms with Gasteiger partial charge < -0.3 is 14.4 Å². The first-order valence-electron chi connectivity index (χ1n) is 6.93. The van der Waals surface area contributed by atoms with E-state index in [2.05, 4.69) is 6.92 Å². The van der Waals surface area contributed by atoms with Gasteiger partial charge in [-0.2, -0.15) is 0 Å². The first-order valence-corrected chi connectivity index (χ1v) is 7.31. The Morgan fingerprint density at radius 2 is 2.10 bits per heavy atom. The molecule has 0 bridgehead atoms. The maximum absolute atomic E-state index is 12.1. The lowest BCUT2D eigenvalue weighted by Gasteiger charge is -2.21. The summed E-state index contributed by atoms with van der Waals surface area (Å²) in [6.07, 6.45) is 2.42. The average molecular weight is 298 g/mol. The van der Waals surface area contributed by atoms with E-state index >= 15 is 0 Å². The molecular formula is C15H20ClNO3. The summed E-state index contributed by atoms with van der Waals surface area (Å²) in [6, 6.07) is 3.62. The van der Waals surface area contributed by atoms with Crippen molar-refractivity contribution in [1.29, 1.82) is 0 Å². The van der Waals surface area contributed by atoms with Crippen LogP contribution in [0.4, 0.5) is 0 Å². The molecule has 0 atom stereocenters. The van der Waals surface area contributed by atoms with Crippen molar-refractivity contribution in [2.24, 2.45) is 0 Å². The quantitative estimate of drug-likeness (QED) is 0.839. The van der Waals surface area contributed by atoms with Crippen LogP contribution in [0.15, 0.2) is 12.1 Å². The zero-order chi connectivity index (χ0) is 14.5. The van der Waals surface area contributed by atoms with Gasteiger partial charge in [0.1, 0.15) is 13.2 Å². The van der Waals surface area contributed by atoms with Crippen molar-refractivity contribution >= 4 is 17.5 Å². The highest BCUT2D eigenvalue weighted by Crippen LogP contribution is 2.38. The first kappa shape index (κ1) is 15.0. The molecule has 2 rings (SSSR count). The molecule has 1 aliphatic heterocycles. The molecule has 1 heterocycles.